The molecule has 1 aromatic rings. The number of ether oxygens (including phenoxy) is 1. The number of rotatable bonds is 5. The Hall–Kier alpha value is -0.950. The number of morpholine rings is 1. The predicted octanol–water partition coefficient (Wildman–Crippen LogP) is 0.476. The van der Waals surface area contributed by atoms with Crippen molar-refractivity contribution in [1.29, 1.82) is 0 Å². The van der Waals surface area contributed by atoms with E-state index in [1.54, 1.807) is 24.3 Å². The average Bonchev–Trinajstić information content (AvgIpc) is 3.15. The molecule has 1 atom stereocenters. The third kappa shape index (κ3) is 6.28. The van der Waals surface area contributed by atoms with Gasteiger partial charge in [0.15, 0.2) is 5.96 Å². The van der Waals surface area contributed by atoms with E-state index in [1.165, 1.54) is 0 Å². The maximum absolute atomic E-state index is 11.3. The molecule has 2 aliphatic rings. The fraction of sp³-hybridized carbons (Fsp3) is 0.611. The molecule has 2 saturated heterocycles. The largest absolute Gasteiger partial charge is 0.379 e. The highest BCUT2D eigenvalue weighted by atomic mass is 127. The minimum absolute atomic E-state index is 0. The third-order valence-corrected chi connectivity index (χ3v) is 6.11. The molecule has 0 amide bonds. The van der Waals surface area contributed by atoms with Gasteiger partial charge in [-0.25, -0.2) is 13.6 Å². The highest BCUT2D eigenvalue weighted by Crippen LogP contribution is 2.17. The molecule has 1 unspecified atom stereocenters. The second-order valence-corrected chi connectivity index (χ2v) is 8.51. The van der Waals surface area contributed by atoms with E-state index in [4.69, 9.17) is 9.88 Å². The van der Waals surface area contributed by atoms with Crippen LogP contribution in [-0.2, 0) is 21.2 Å². The van der Waals surface area contributed by atoms with Crippen LogP contribution in [0.1, 0.15) is 12.0 Å². The number of guanidine groups is 1. The van der Waals surface area contributed by atoms with Gasteiger partial charge >= 0.3 is 0 Å². The molecule has 8 nitrogen and oxygen atoms in total. The summed E-state index contributed by atoms with van der Waals surface area (Å²) in [5.41, 5.74) is 1.05. The summed E-state index contributed by atoms with van der Waals surface area (Å²) < 4.78 is 28.1. The lowest BCUT2D eigenvalue weighted by Gasteiger charge is -2.32. The van der Waals surface area contributed by atoms with Crippen LogP contribution in [-0.4, -0.2) is 83.2 Å². The summed E-state index contributed by atoms with van der Waals surface area (Å²) in [6, 6.07) is 7.26. The van der Waals surface area contributed by atoms with Crippen LogP contribution in [0.2, 0.25) is 0 Å². The van der Waals surface area contributed by atoms with E-state index < -0.39 is 10.0 Å². The van der Waals surface area contributed by atoms with Crippen LogP contribution in [0, 0.1) is 0 Å². The van der Waals surface area contributed by atoms with E-state index in [9.17, 15) is 8.42 Å². The SMILES string of the molecule is CN=C(NCCc1ccc(S(N)(=O)=O)cc1)N1CCC(N2CCOCC2)C1.I. The number of likely N-dealkylation sites (tertiary alicyclic amines) is 1. The van der Waals surface area contributed by atoms with Gasteiger partial charge in [0.05, 0.1) is 18.1 Å². The summed E-state index contributed by atoms with van der Waals surface area (Å²) in [6.07, 6.45) is 1.93. The maximum Gasteiger partial charge on any atom is 0.238 e. The second kappa shape index (κ2) is 10.7. The van der Waals surface area contributed by atoms with Crippen molar-refractivity contribution < 1.29 is 13.2 Å². The smallest absolute Gasteiger partial charge is 0.238 e. The van der Waals surface area contributed by atoms with Gasteiger partial charge in [-0.3, -0.25) is 9.89 Å². The molecule has 3 rings (SSSR count). The fourth-order valence-corrected chi connectivity index (χ4v) is 4.19. The summed E-state index contributed by atoms with van der Waals surface area (Å²) in [5, 5.41) is 8.55. The summed E-state index contributed by atoms with van der Waals surface area (Å²) >= 11 is 0. The van der Waals surface area contributed by atoms with E-state index >= 15 is 0 Å². The number of aliphatic imine (C=N–C) groups is 1. The van der Waals surface area contributed by atoms with Crippen molar-refractivity contribution in [3.63, 3.8) is 0 Å². The quantitative estimate of drug-likeness (QED) is 0.331. The minimum Gasteiger partial charge on any atom is -0.379 e. The van der Waals surface area contributed by atoms with E-state index in [1.807, 2.05) is 7.05 Å². The molecule has 3 N–H and O–H groups in total. The van der Waals surface area contributed by atoms with Gasteiger partial charge < -0.3 is 15.0 Å². The zero-order valence-electron chi connectivity index (χ0n) is 16.2. The van der Waals surface area contributed by atoms with Gasteiger partial charge in [0.2, 0.25) is 10.0 Å². The van der Waals surface area contributed by atoms with Crippen LogP contribution in [0.4, 0.5) is 0 Å². The zero-order valence-corrected chi connectivity index (χ0v) is 19.4. The Kier molecular flexibility index (Phi) is 8.93. The lowest BCUT2D eigenvalue weighted by atomic mass is 10.1. The molecule has 2 aliphatic heterocycles. The first-order chi connectivity index (χ1) is 13.0. The van der Waals surface area contributed by atoms with Gasteiger partial charge in [0, 0.05) is 45.8 Å². The Bertz CT molecular complexity index is 751. The van der Waals surface area contributed by atoms with Gasteiger partial charge in [-0.05, 0) is 30.5 Å². The van der Waals surface area contributed by atoms with Crippen molar-refractivity contribution >= 4 is 40.0 Å². The number of sulfonamides is 1. The lowest BCUT2D eigenvalue weighted by Crippen LogP contribution is -2.46. The molecule has 0 radical (unpaired) electrons. The highest BCUT2D eigenvalue weighted by molar-refractivity contribution is 14.0. The summed E-state index contributed by atoms with van der Waals surface area (Å²) in [6.45, 7) is 6.41. The lowest BCUT2D eigenvalue weighted by molar-refractivity contribution is 0.0195. The van der Waals surface area contributed by atoms with Crippen LogP contribution in [0.5, 0.6) is 0 Å². The van der Waals surface area contributed by atoms with Crippen molar-refractivity contribution in [1.82, 2.24) is 15.1 Å². The number of primary sulfonamides is 1. The first-order valence-electron chi connectivity index (χ1n) is 9.36. The summed E-state index contributed by atoms with van der Waals surface area (Å²) in [4.78, 5) is 9.39. The van der Waals surface area contributed by atoms with Gasteiger partial charge in [0.1, 0.15) is 0 Å². The molecule has 10 heteroatoms. The van der Waals surface area contributed by atoms with Crippen molar-refractivity contribution in [2.75, 3.05) is 53.0 Å². The van der Waals surface area contributed by atoms with Gasteiger partial charge in [-0.2, -0.15) is 0 Å². The van der Waals surface area contributed by atoms with Gasteiger partial charge in [-0.15, -0.1) is 24.0 Å². The Morgan fingerprint density at radius 3 is 2.54 bits per heavy atom. The third-order valence-electron chi connectivity index (χ3n) is 5.19. The standard InChI is InChI=1S/C18H29N5O3S.HI/c1-20-18(23-9-7-16(14-23)22-10-12-26-13-11-22)21-8-6-15-2-4-17(5-3-15)27(19,24)25;/h2-5,16H,6-14H2,1H3,(H,20,21)(H2,19,24,25);1H. The number of nitrogens with zero attached hydrogens (tertiary/aromatic N) is 3. The van der Waals surface area contributed by atoms with E-state index in [-0.39, 0.29) is 28.9 Å². The van der Waals surface area contributed by atoms with Crippen LogP contribution in [0.3, 0.4) is 0 Å². The molecule has 0 saturated carbocycles. The van der Waals surface area contributed by atoms with Crippen molar-refractivity contribution in [3.8, 4) is 0 Å². The minimum atomic E-state index is -3.64. The molecule has 0 spiro atoms. The molecular formula is C18H30IN5O3S. The number of nitrogens with two attached hydrogens (primary N) is 1. The van der Waals surface area contributed by atoms with E-state index in [2.05, 4.69) is 20.1 Å². The number of hydrogen-bond donors (Lipinski definition) is 2. The predicted molar refractivity (Wildman–Crippen MR) is 121 cm³/mol. The fourth-order valence-electron chi connectivity index (χ4n) is 3.67. The van der Waals surface area contributed by atoms with Gasteiger partial charge in [-0.1, -0.05) is 12.1 Å². The van der Waals surface area contributed by atoms with Crippen molar-refractivity contribution in [3.05, 3.63) is 29.8 Å². The molecule has 0 aromatic heterocycles. The molecule has 2 heterocycles. The molecule has 1 aromatic carbocycles. The number of halogens is 1. The number of nitrogens with one attached hydrogen (secondary N) is 1. The Labute approximate surface area is 184 Å². The molecule has 0 aliphatic carbocycles. The molecule has 0 bridgehead atoms. The molecule has 28 heavy (non-hydrogen) atoms. The number of hydrogen-bond acceptors (Lipinski definition) is 5. The van der Waals surface area contributed by atoms with Crippen LogP contribution >= 0.6 is 24.0 Å². The van der Waals surface area contributed by atoms with E-state index in [0.717, 1.165) is 70.3 Å². The first kappa shape index (κ1) is 23.3. The first-order valence-corrected chi connectivity index (χ1v) is 10.9. The Balaban J connectivity index is 0.00000280. The monoisotopic (exact) mass is 523 g/mol. The normalized spacial score (nSPS) is 21.4. The highest BCUT2D eigenvalue weighted by Gasteiger charge is 2.30. The molecular weight excluding hydrogens is 493 g/mol. The van der Waals surface area contributed by atoms with E-state index in [0.29, 0.717) is 6.04 Å². The topological polar surface area (TPSA) is 100 Å². The Morgan fingerprint density at radius 1 is 1.25 bits per heavy atom. The Morgan fingerprint density at radius 2 is 1.93 bits per heavy atom. The van der Waals surface area contributed by atoms with Crippen molar-refractivity contribution in [2.24, 2.45) is 10.1 Å². The number of benzene rings is 1. The summed E-state index contributed by atoms with van der Waals surface area (Å²) in [7, 11) is -1.83. The van der Waals surface area contributed by atoms with Crippen molar-refractivity contribution in [2.45, 2.75) is 23.8 Å². The van der Waals surface area contributed by atoms with Crippen LogP contribution < -0.4 is 10.5 Å². The molecule has 158 valence electrons. The van der Waals surface area contributed by atoms with Gasteiger partial charge in [0.25, 0.3) is 0 Å². The summed E-state index contributed by atoms with van der Waals surface area (Å²) in [5.74, 6) is 0.923. The second-order valence-electron chi connectivity index (χ2n) is 6.95. The average molecular weight is 523 g/mol. The zero-order chi connectivity index (χ0) is 19.3. The molecule has 2 fully saturated rings. The maximum atomic E-state index is 11.3. The van der Waals surface area contributed by atoms with Crippen LogP contribution in [0.25, 0.3) is 0 Å². The van der Waals surface area contributed by atoms with Crippen LogP contribution in [0.15, 0.2) is 34.2 Å².